The number of amides is 1. The first kappa shape index (κ1) is 20.7. The fraction of sp³-hybridized carbons (Fsp3) is 0.480. The van der Waals surface area contributed by atoms with Crippen LogP contribution in [0.15, 0.2) is 48.5 Å². The highest BCUT2D eigenvalue weighted by Crippen LogP contribution is 2.46. The third-order valence-corrected chi connectivity index (χ3v) is 6.60. The van der Waals surface area contributed by atoms with Gasteiger partial charge in [-0.05, 0) is 66.6 Å². The number of halogens is 1. The van der Waals surface area contributed by atoms with Gasteiger partial charge in [-0.1, -0.05) is 31.4 Å². The maximum absolute atomic E-state index is 13.6. The lowest BCUT2D eigenvalue weighted by Crippen LogP contribution is -2.40. The van der Waals surface area contributed by atoms with E-state index in [-0.39, 0.29) is 29.6 Å². The molecule has 1 unspecified atom stereocenters. The van der Waals surface area contributed by atoms with Crippen molar-refractivity contribution < 1.29 is 18.7 Å². The summed E-state index contributed by atoms with van der Waals surface area (Å²) in [5, 5.41) is 0. The quantitative estimate of drug-likeness (QED) is 0.671. The molecular formula is C25H30FNO3. The Kier molecular flexibility index (Phi) is 6.26. The molecule has 0 N–H and O–H groups in total. The highest BCUT2D eigenvalue weighted by Gasteiger charge is 2.46. The largest absolute Gasteiger partial charge is 0.497 e. The second-order valence-electron chi connectivity index (χ2n) is 8.73. The van der Waals surface area contributed by atoms with Crippen LogP contribution >= 0.6 is 0 Å². The molecule has 2 aromatic carbocycles. The van der Waals surface area contributed by atoms with E-state index in [0.717, 1.165) is 30.0 Å². The molecule has 0 radical (unpaired) electrons. The van der Waals surface area contributed by atoms with Gasteiger partial charge in [0.2, 0.25) is 5.91 Å². The molecule has 1 saturated carbocycles. The predicted octanol–water partition coefficient (Wildman–Crippen LogP) is 5.01. The Bertz CT molecular complexity index is 861. The molecule has 1 aliphatic carbocycles. The molecule has 1 amide bonds. The van der Waals surface area contributed by atoms with Crippen LogP contribution in [0.2, 0.25) is 0 Å². The van der Waals surface area contributed by atoms with E-state index in [1.807, 2.05) is 35.2 Å². The molecule has 1 atom stereocenters. The zero-order valence-corrected chi connectivity index (χ0v) is 17.6. The molecule has 30 heavy (non-hydrogen) atoms. The maximum atomic E-state index is 13.6. The maximum Gasteiger partial charge on any atom is 0.227 e. The zero-order chi connectivity index (χ0) is 21.0. The zero-order valence-electron chi connectivity index (χ0n) is 17.6. The topological polar surface area (TPSA) is 38.8 Å². The van der Waals surface area contributed by atoms with Crippen LogP contribution < -0.4 is 9.47 Å². The van der Waals surface area contributed by atoms with E-state index in [1.165, 1.54) is 44.2 Å². The highest BCUT2D eigenvalue weighted by molar-refractivity contribution is 5.79. The van der Waals surface area contributed by atoms with Crippen molar-refractivity contribution in [1.29, 1.82) is 0 Å². The fourth-order valence-corrected chi connectivity index (χ4v) is 5.06. The Morgan fingerprint density at radius 2 is 1.83 bits per heavy atom. The average Bonchev–Trinajstić information content (AvgIpc) is 3.11. The molecule has 2 aliphatic rings. The molecule has 2 aromatic rings. The molecule has 4 rings (SSSR count). The number of ether oxygens (including phenoxy) is 2. The number of methoxy groups -OCH3 is 1. The van der Waals surface area contributed by atoms with Crippen LogP contribution in [0.3, 0.4) is 0 Å². The van der Waals surface area contributed by atoms with Crippen molar-refractivity contribution >= 4 is 5.91 Å². The van der Waals surface area contributed by atoms with Gasteiger partial charge >= 0.3 is 0 Å². The van der Waals surface area contributed by atoms with Crippen LogP contribution in [0, 0.1) is 11.2 Å². The molecule has 4 nitrogen and oxygen atoms in total. The molecule has 1 spiro atoms. The number of benzene rings is 2. The monoisotopic (exact) mass is 411 g/mol. The lowest BCUT2D eigenvalue weighted by molar-refractivity contribution is -0.132. The first-order valence-electron chi connectivity index (χ1n) is 10.9. The van der Waals surface area contributed by atoms with E-state index in [1.54, 1.807) is 13.2 Å². The van der Waals surface area contributed by atoms with Gasteiger partial charge in [-0.15, -0.1) is 0 Å². The van der Waals surface area contributed by atoms with Crippen molar-refractivity contribution in [3.05, 3.63) is 59.9 Å². The second-order valence-corrected chi connectivity index (χ2v) is 8.73. The third-order valence-electron chi connectivity index (χ3n) is 6.60. The number of nitrogens with zero attached hydrogens (tertiary/aromatic N) is 1. The number of carbonyl (C=O) groups is 1. The van der Waals surface area contributed by atoms with Gasteiger partial charge in [0.1, 0.15) is 23.9 Å². The summed E-state index contributed by atoms with van der Waals surface area (Å²) in [7, 11) is 1.64. The number of hydrogen-bond donors (Lipinski definition) is 0. The van der Waals surface area contributed by atoms with E-state index in [0.29, 0.717) is 6.61 Å². The number of hydrogen-bond acceptors (Lipinski definition) is 3. The van der Waals surface area contributed by atoms with Gasteiger partial charge in [0.05, 0.1) is 19.6 Å². The molecule has 2 fully saturated rings. The van der Waals surface area contributed by atoms with Crippen molar-refractivity contribution in [3.8, 4) is 11.5 Å². The van der Waals surface area contributed by atoms with Crippen LogP contribution in [0.4, 0.5) is 4.39 Å². The summed E-state index contributed by atoms with van der Waals surface area (Å²) in [4.78, 5) is 15.2. The second kappa shape index (κ2) is 9.07. The number of carbonyl (C=O) groups excluding carboxylic acids is 1. The average molecular weight is 412 g/mol. The van der Waals surface area contributed by atoms with E-state index in [4.69, 9.17) is 9.47 Å². The van der Waals surface area contributed by atoms with E-state index >= 15 is 0 Å². The minimum absolute atomic E-state index is 0.0475. The van der Waals surface area contributed by atoms with Gasteiger partial charge in [0.25, 0.3) is 0 Å². The van der Waals surface area contributed by atoms with Crippen molar-refractivity contribution in [1.82, 2.24) is 4.90 Å². The van der Waals surface area contributed by atoms with Crippen LogP contribution in [-0.4, -0.2) is 37.1 Å². The Labute approximate surface area is 178 Å². The van der Waals surface area contributed by atoms with Gasteiger partial charge in [0.15, 0.2) is 0 Å². The molecule has 1 heterocycles. The van der Waals surface area contributed by atoms with Crippen LogP contribution in [0.1, 0.15) is 44.1 Å². The first-order valence-corrected chi connectivity index (χ1v) is 10.9. The SMILES string of the molecule is COc1ccc(OCC2CC3(CCCCC3)CN2C(=O)Cc2cccc(F)c2)cc1. The summed E-state index contributed by atoms with van der Waals surface area (Å²) in [5.74, 6) is 1.32. The summed E-state index contributed by atoms with van der Waals surface area (Å²) in [6.07, 6.45) is 7.32. The fourth-order valence-electron chi connectivity index (χ4n) is 5.06. The van der Waals surface area contributed by atoms with E-state index < -0.39 is 0 Å². The van der Waals surface area contributed by atoms with Crippen LogP contribution in [0.25, 0.3) is 0 Å². The molecule has 1 aliphatic heterocycles. The summed E-state index contributed by atoms with van der Waals surface area (Å²) in [6, 6.07) is 13.9. The lowest BCUT2D eigenvalue weighted by atomic mass is 9.73. The van der Waals surface area contributed by atoms with Gasteiger partial charge in [-0.2, -0.15) is 0 Å². The lowest BCUT2D eigenvalue weighted by Gasteiger charge is -2.33. The summed E-state index contributed by atoms with van der Waals surface area (Å²) >= 11 is 0. The third kappa shape index (κ3) is 4.77. The molecule has 1 saturated heterocycles. The van der Waals surface area contributed by atoms with Crippen LogP contribution in [-0.2, 0) is 11.2 Å². The van der Waals surface area contributed by atoms with Crippen LogP contribution in [0.5, 0.6) is 11.5 Å². The van der Waals surface area contributed by atoms with Gasteiger partial charge in [-0.3, -0.25) is 4.79 Å². The van der Waals surface area contributed by atoms with Gasteiger partial charge in [-0.25, -0.2) is 4.39 Å². The predicted molar refractivity (Wildman–Crippen MR) is 114 cm³/mol. The normalized spacial score (nSPS) is 20.3. The Morgan fingerprint density at radius 1 is 1.10 bits per heavy atom. The Hall–Kier alpha value is -2.56. The summed E-state index contributed by atoms with van der Waals surface area (Å²) < 4.78 is 24.8. The molecule has 0 aromatic heterocycles. The molecule has 5 heteroatoms. The van der Waals surface area contributed by atoms with Crippen molar-refractivity contribution in [2.45, 2.75) is 51.0 Å². The minimum Gasteiger partial charge on any atom is -0.497 e. The standard InChI is InChI=1S/C25H30FNO3/c1-29-22-8-10-23(11-9-22)30-17-21-16-25(12-3-2-4-13-25)18-27(21)24(28)15-19-6-5-7-20(26)14-19/h5-11,14,21H,2-4,12-13,15-18H2,1H3. The first-order chi connectivity index (χ1) is 14.6. The minimum atomic E-state index is -0.301. The van der Waals surface area contributed by atoms with Crippen molar-refractivity contribution in [3.63, 3.8) is 0 Å². The highest BCUT2D eigenvalue weighted by atomic mass is 19.1. The van der Waals surface area contributed by atoms with E-state index in [2.05, 4.69) is 0 Å². The Morgan fingerprint density at radius 3 is 2.53 bits per heavy atom. The van der Waals surface area contributed by atoms with E-state index in [9.17, 15) is 9.18 Å². The number of likely N-dealkylation sites (tertiary alicyclic amines) is 1. The molecule has 0 bridgehead atoms. The Balaban J connectivity index is 1.46. The summed E-state index contributed by atoms with van der Waals surface area (Å²) in [6.45, 7) is 1.26. The summed E-state index contributed by atoms with van der Waals surface area (Å²) in [5.41, 5.74) is 0.934. The molecular weight excluding hydrogens is 381 g/mol. The van der Waals surface area contributed by atoms with Crippen molar-refractivity contribution in [2.75, 3.05) is 20.3 Å². The number of rotatable bonds is 6. The van der Waals surface area contributed by atoms with Gasteiger partial charge < -0.3 is 14.4 Å². The van der Waals surface area contributed by atoms with Crippen molar-refractivity contribution in [2.24, 2.45) is 5.41 Å². The van der Waals surface area contributed by atoms with Gasteiger partial charge in [0, 0.05) is 6.54 Å². The molecule has 160 valence electrons. The smallest absolute Gasteiger partial charge is 0.227 e.